The van der Waals surface area contributed by atoms with Crippen molar-refractivity contribution in [3.63, 3.8) is 0 Å². The highest BCUT2D eigenvalue weighted by Gasteiger charge is 2.32. The molecule has 0 bridgehead atoms. The largest absolute Gasteiger partial charge is 0.354 e. The van der Waals surface area contributed by atoms with Gasteiger partial charge in [-0.1, -0.05) is 175 Å². The zero-order chi connectivity index (χ0) is 45.4. The van der Waals surface area contributed by atoms with Gasteiger partial charge in [-0.3, -0.25) is 0 Å². The van der Waals surface area contributed by atoms with Crippen LogP contribution in [0.2, 0.25) is 10.0 Å². The Morgan fingerprint density at radius 2 is 0.776 bits per heavy atom. The average molecular weight is 894 g/mol. The number of nitrogens with one attached hydrogen (secondary N) is 1. The van der Waals surface area contributed by atoms with E-state index in [9.17, 15) is 0 Å². The number of rotatable bonds is 2. The van der Waals surface area contributed by atoms with Crippen molar-refractivity contribution in [3.8, 4) is 33.4 Å². The summed E-state index contributed by atoms with van der Waals surface area (Å²) < 4.78 is 10.2. The number of fused-ring (bicyclic) bond motifs is 20. The van der Waals surface area contributed by atoms with Gasteiger partial charge in [0.05, 0.1) is 38.6 Å². The van der Waals surface area contributed by atoms with Crippen molar-refractivity contribution >= 4 is 130 Å². The van der Waals surface area contributed by atoms with Crippen molar-refractivity contribution in [2.24, 2.45) is 0 Å². The van der Waals surface area contributed by atoms with Crippen molar-refractivity contribution in [3.05, 3.63) is 215 Å². The summed E-state index contributed by atoms with van der Waals surface area (Å²) in [4.78, 5) is 3.76. The number of hydrogen-bond donors (Lipinski definition) is 1. The first-order chi connectivity index (χ1) is 33.7. The molecule has 6 heteroatoms. The second-order valence-corrected chi connectivity index (χ2v) is 18.6. The number of nitrogens with zero attached hydrogens (tertiary/aromatic N) is 2. The van der Waals surface area contributed by atoms with Gasteiger partial charge in [0.1, 0.15) is 0 Å². The van der Waals surface area contributed by atoms with Crippen LogP contribution in [0.3, 0.4) is 0 Å². The van der Waals surface area contributed by atoms with Crippen LogP contribution in [0.5, 0.6) is 0 Å². The standard InChI is InChI=1S/C31H19Cl2N.C30H16N2.BH/c32-24-14-6-3-11-20(24)28-23-17-18-9-1-2-10-19(18)27(23)29(21-12-4-7-15-25(21)33)31-30(28)22-13-5-8-16-26(22)34-31;1-5-13-21-17(9-1)25-26-18-10-2-7-15-23(18)32-24-16-8-4-12-20(24)28(30(26)32)27-19-11-3-6-14-22(19)31(21)29(25)27;/h1-16,34H,17H2;1-16H;1H/i;;1D. The van der Waals surface area contributed by atoms with E-state index in [0.29, 0.717) is 0 Å². The third-order valence-corrected chi connectivity index (χ3v) is 15.2. The van der Waals surface area contributed by atoms with Crippen molar-refractivity contribution in [1.82, 2.24) is 13.8 Å². The second kappa shape index (κ2) is 14.1. The summed E-state index contributed by atoms with van der Waals surface area (Å²) in [5, 5.41) is 14.8. The van der Waals surface area contributed by atoms with Crippen molar-refractivity contribution in [2.45, 2.75) is 6.42 Å². The third kappa shape index (κ3) is 4.99. The second-order valence-electron chi connectivity index (χ2n) is 17.8. The normalized spacial score (nSPS) is 12.5. The Hall–Kier alpha value is -7.76. The van der Waals surface area contributed by atoms with Gasteiger partial charge in [0.15, 0.2) is 0 Å². The minimum atomic E-state index is 0.750. The molecule has 1 N–H and O–H groups in total. The molecule has 5 heterocycles. The number of aromatic nitrogens is 3. The van der Waals surface area contributed by atoms with E-state index in [1.54, 1.807) is 0 Å². The molecule has 0 amide bonds. The first-order valence-electron chi connectivity index (χ1n) is 23.1. The van der Waals surface area contributed by atoms with Crippen LogP contribution >= 0.6 is 23.2 Å². The molecule has 10 aromatic carbocycles. The highest BCUT2D eigenvalue weighted by molar-refractivity contribution is 6.45. The van der Waals surface area contributed by atoms with Crippen LogP contribution < -0.4 is 0 Å². The summed E-state index contributed by atoms with van der Waals surface area (Å²) >= 11 is 13.7. The number of halogens is 2. The smallest absolute Gasteiger partial charge is 0.0634 e. The minimum Gasteiger partial charge on any atom is -0.354 e. The van der Waals surface area contributed by atoms with Gasteiger partial charge in [-0.2, -0.15) is 0 Å². The Morgan fingerprint density at radius 3 is 1.27 bits per heavy atom. The minimum absolute atomic E-state index is 0.750. The van der Waals surface area contributed by atoms with Gasteiger partial charge in [0.2, 0.25) is 0 Å². The molecule has 67 heavy (non-hydrogen) atoms. The number of hydrogen-bond acceptors (Lipinski definition) is 0. The van der Waals surface area contributed by atoms with E-state index in [1.807, 2.05) is 24.3 Å². The Labute approximate surface area is 397 Å². The molecule has 1 aliphatic carbocycles. The Balaban J connectivity index is 0.000000124. The maximum Gasteiger partial charge on any atom is 0.0634 e. The lowest BCUT2D eigenvalue weighted by atomic mass is 9.85. The van der Waals surface area contributed by atoms with Crippen LogP contribution in [0.4, 0.5) is 0 Å². The summed E-state index contributed by atoms with van der Waals surface area (Å²) in [6.45, 7) is 0. The van der Waals surface area contributed by atoms with Gasteiger partial charge in [-0.25, -0.2) is 0 Å². The summed E-state index contributed by atoms with van der Waals surface area (Å²) in [5.41, 5.74) is 19.7. The molecule has 0 unspecified atom stereocenters. The third-order valence-electron chi connectivity index (χ3n) is 14.6. The van der Waals surface area contributed by atoms with E-state index in [2.05, 4.69) is 192 Å². The summed E-state index contributed by atoms with van der Waals surface area (Å²) in [6, 6.07) is 69.1. The Kier molecular flexibility index (Phi) is 7.90. The number of H-pyrrole nitrogens is 1. The zero-order valence-corrected chi connectivity index (χ0v) is 37.4. The average Bonchev–Trinajstić information content (AvgIpc) is 4.24. The first-order valence-corrected chi connectivity index (χ1v) is 23.3. The highest BCUT2D eigenvalue weighted by atomic mass is 35.5. The lowest BCUT2D eigenvalue weighted by Gasteiger charge is -2.19. The van der Waals surface area contributed by atoms with E-state index in [1.165, 1.54) is 115 Å². The molecule has 312 valence electrons. The van der Waals surface area contributed by atoms with Gasteiger partial charge in [0.25, 0.3) is 0 Å². The van der Waals surface area contributed by atoms with Crippen molar-refractivity contribution in [2.75, 3.05) is 0 Å². The van der Waals surface area contributed by atoms with E-state index < -0.39 is 0 Å². The van der Waals surface area contributed by atoms with Gasteiger partial charge < -0.3 is 13.8 Å². The molecule has 0 saturated carbocycles. The molecule has 1 aliphatic rings. The zero-order valence-electron chi connectivity index (χ0n) is 36.9. The van der Waals surface area contributed by atoms with E-state index >= 15 is 0 Å². The number of benzene rings is 10. The topological polar surface area (TPSA) is 24.6 Å². The fourth-order valence-corrected chi connectivity index (χ4v) is 12.6. The van der Waals surface area contributed by atoms with E-state index in [-0.39, 0.29) is 0 Å². The highest BCUT2D eigenvalue weighted by Crippen LogP contribution is 2.55. The van der Waals surface area contributed by atoms with Gasteiger partial charge in [0, 0.05) is 94.5 Å². The van der Waals surface area contributed by atoms with Gasteiger partial charge in [-0.05, 0) is 78.0 Å². The van der Waals surface area contributed by atoms with Crippen LogP contribution in [0.1, 0.15) is 11.1 Å². The lowest BCUT2D eigenvalue weighted by Crippen LogP contribution is -1.95. The predicted octanol–water partition coefficient (Wildman–Crippen LogP) is 16.9. The van der Waals surface area contributed by atoms with Crippen molar-refractivity contribution in [1.29, 1.82) is 1.34 Å². The molecule has 0 spiro atoms. The predicted molar refractivity (Wildman–Crippen MR) is 288 cm³/mol. The monoisotopic (exact) mass is 892 g/mol. The molecular weight excluding hydrogens is 856 g/mol. The summed E-state index contributed by atoms with van der Waals surface area (Å²) in [5.74, 6) is 0. The van der Waals surface area contributed by atoms with Crippen LogP contribution in [-0.4, -0.2) is 23.5 Å². The molecule has 2 radical (unpaired) electrons. The fourth-order valence-electron chi connectivity index (χ4n) is 12.1. The molecule has 0 fully saturated rings. The van der Waals surface area contributed by atoms with Crippen LogP contribution in [0, 0.1) is 0 Å². The van der Waals surface area contributed by atoms with Crippen LogP contribution in [0.25, 0.3) is 131 Å². The maximum atomic E-state index is 6.84. The summed E-state index contributed by atoms with van der Waals surface area (Å²) in [6.07, 6.45) is 0.860. The Bertz CT molecular complexity index is 4230. The maximum absolute atomic E-state index is 6.84. The van der Waals surface area contributed by atoms with Crippen molar-refractivity contribution < 1.29 is 0 Å². The van der Waals surface area contributed by atoms with Gasteiger partial charge in [-0.15, -0.1) is 0 Å². The summed E-state index contributed by atoms with van der Waals surface area (Å²) in [7, 11) is 3.75. The SMILES string of the molecule is Clc1ccccc1-c1c2c(c(-c3ccccc3Cl)c3c1[nH]c1ccccc13)Cc1ccccc1-2.[2H][B].c1ccc2c(c1)c1c3c4ccccc4n4c5ccccc5c(c5c6ccccc6n2c15)c34. The molecule has 0 aliphatic heterocycles. The molecule has 15 aromatic rings. The Morgan fingerprint density at radius 1 is 0.388 bits per heavy atom. The molecule has 5 aromatic heterocycles. The fraction of sp³-hybridized carbons (Fsp3) is 0.0164. The molecular formula is C61H36BCl2N3. The lowest BCUT2D eigenvalue weighted by molar-refractivity contribution is 1.27. The van der Waals surface area contributed by atoms with E-state index in [0.717, 1.165) is 44.2 Å². The van der Waals surface area contributed by atoms with Crippen LogP contribution in [0.15, 0.2) is 194 Å². The molecule has 3 nitrogen and oxygen atoms in total. The van der Waals surface area contributed by atoms with E-state index in [4.69, 9.17) is 24.5 Å². The van der Waals surface area contributed by atoms with Gasteiger partial charge >= 0.3 is 0 Å². The number of aromatic amines is 1. The number of para-hydroxylation sites is 5. The molecule has 16 rings (SSSR count). The quantitative estimate of drug-likeness (QED) is 0.167. The van der Waals surface area contributed by atoms with Crippen LogP contribution in [-0.2, 0) is 6.42 Å². The first kappa shape index (κ1) is 37.5. The molecule has 0 saturated heterocycles. The molecule has 0 atom stereocenters.